The molecule has 0 amide bonds. The summed E-state index contributed by atoms with van der Waals surface area (Å²) in [4.78, 5) is 28.6. The normalized spacial score (nSPS) is 15.8. The van der Waals surface area contributed by atoms with Crippen molar-refractivity contribution in [3.8, 4) is 5.88 Å². The number of hydrogen-bond donors (Lipinski definition) is 2. The molecule has 1 aromatic rings. The Morgan fingerprint density at radius 3 is 2.72 bits per heavy atom. The number of methoxy groups -OCH3 is 1. The molecule has 1 saturated carbocycles. The zero-order valence-corrected chi connectivity index (χ0v) is 9.41. The van der Waals surface area contributed by atoms with Crippen molar-refractivity contribution in [3.05, 3.63) is 16.4 Å². The number of nitrogens with zero attached hydrogens (tertiary/aromatic N) is 3. The molecule has 18 heavy (non-hydrogen) atoms. The number of carbonyl (C=O) groups is 1. The van der Waals surface area contributed by atoms with Crippen molar-refractivity contribution in [1.29, 1.82) is 0 Å². The van der Waals surface area contributed by atoms with Gasteiger partial charge in [-0.1, -0.05) is 0 Å². The van der Waals surface area contributed by atoms with Crippen LogP contribution in [0.15, 0.2) is 6.33 Å². The highest BCUT2D eigenvalue weighted by Gasteiger charge is 2.52. The van der Waals surface area contributed by atoms with Crippen molar-refractivity contribution < 1.29 is 19.6 Å². The highest BCUT2D eigenvalue weighted by molar-refractivity contribution is 5.87. The molecule has 1 aromatic heterocycles. The fourth-order valence-electron chi connectivity index (χ4n) is 1.51. The van der Waals surface area contributed by atoms with Gasteiger partial charge in [0.2, 0.25) is 5.82 Å². The Morgan fingerprint density at radius 1 is 1.61 bits per heavy atom. The van der Waals surface area contributed by atoms with Crippen LogP contribution in [-0.4, -0.2) is 38.6 Å². The van der Waals surface area contributed by atoms with E-state index < -0.39 is 22.1 Å². The van der Waals surface area contributed by atoms with E-state index >= 15 is 0 Å². The SMILES string of the molecule is COc1ncnc(NC2(C(=O)O)CC2)c1[N+](=O)[O-]. The van der Waals surface area contributed by atoms with Crippen LogP contribution in [-0.2, 0) is 4.79 Å². The van der Waals surface area contributed by atoms with E-state index in [2.05, 4.69) is 15.3 Å². The monoisotopic (exact) mass is 254 g/mol. The van der Waals surface area contributed by atoms with Gasteiger partial charge in [-0.05, 0) is 12.8 Å². The molecule has 9 heteroatoms. The van der Waals surface area contributed by atoms with Gasteiger partial charge in [-0.3, -0.25) is 10.1 Å². The van der Waals surface area contributed by atoms with Crippen molar-refractivity contribution in [3.63, 3.8) is 0 Å². The van der Waals surface area contributed by atoms with E-state index in [-0.39, 0.29) is 11.7 Å². The molecule has 0 aliphatic heterocycles. The van der Waals surface area contributed by atoms with E-state index in [0.717, 1.165) is 6.33 Å². The number of aromatic nitrogens is 2. The van der Waals surface area contributed by atoms with Crippen molar-refractivity contribution in [2.75, 3.05) is 12.4 Å². The zero-order chi connectivity index (χ0) is 13.3. The smallest absolute Gasteiger partial charge is 0.372 e. The molecule has 0 unspecified atom stereocenters. The third kappa shape index (κ3) is 1.90. The number of anilines is 1. The van der Waals surface area contributed by atoms with Crippen LogP contribution in [0.25, 0.3) is 0 Å². The summed E-state index contributed by atoms with van der Waals surface area (Å²) in [6, 6.07) is 0. The van der Waals surface area contributed by atoms with Gasteiger partial charge in [0.15, 0.2) is 0 Å². The lowest BCUT2D eigenvalue weighted by Crippen LogP contribution is -2.32. The molecule has 1 aliphatic rings. The maximum Gasteiger partial charge on any atom is 0.372 e. The first-order valence-electron chi connectivity index (χ1n) is 5.05. The summed E-state index contributed by atoms with van der Waals surface area (Å²) >= 11 is 0. The molecule has 1 aliphatic carbocycles. The van der Waals surface area contributed by atoms with Crippen LogP contribution in [0.5, 0.6) is 5.88 Å². The van der Waals surface area contributed by atoms with Crippen LogP contribution >= 0.6 is 0 Å². The van der Waals surface area contributed by atoms with E-state index in [1.165, 1.54) is 7.11 Å². The summed E-state index contributed by atoms with van der Waals surface area (Å²) in [7, 11) is 1.24. The summed E-state index contributed by atoms with van der Waals surface area (Å²) in [5.41, 5.74) is -1.63. The largest absolute Gasteiger partial charge is 0.480 e. The molecular formula is C9H10N4O5. The molecular weight excluding hydrogens is 244 g/mol. The Kier molecular flexibility index (Phi) is 2.73. The van der Waals surface area contributed by atoms with Crippen molar-refractivity contribution in [1.82, 2.24) is 9.97 Å². The van der Waals surface area contributed by atoms with Crippen molar-refractivity contribution >= 4 is 17.5 Å². The Bertz CT molecular complexity index is 514. The number of ether oxygens (including phenoxy) is 1. The fourth-order valence-corrected chi connectivity index (χ4v) is 1.51. The quantitative estimate of drug-likeness (QED) is 0.571. The number of carboxylic acids is 1. The van der Waals surface area contributed by atoms with E-state index in [0.29, 0.717) is 12.8 Å². The topological polar surface area (TPSA) is 127 Å². The van der Waals surface area contributed by atoms with Crippen molar-refractivity contribution in [2.24, 2.45) is 0 Å². The molecule has 2 rings (SSSR count). The number of hydrogen-bond acceptors (Lipinski definition) is 7. The predicted molar refractivity (Wildman–Crippen MR) is 58.5 cm³/mol. The van der Waals surface area contributed by atoms with Crippen LogP contribution in [0.3, 0.4) is 0 Å². The van der Waals surface area contributed by atoms with E-state index in [4.69, 9.17) is 9.84 Å². The standard InChI is InChI=1S/C9H10N4O5/c1-18-7-5(13(16)17)6(10-4-11-7)12-9(2-3-9)8(14)15/h4H,2-3H2,1H3,(H,14,15)(H,10,11,12). The molecule has 1 fully saturated rings. The first-order valence-corrected chi connectivity index (χ1v) is 5.05. The van der Waals surface area contributed by atoms with Gasteiger partial charge >= 0.3 is 11.7 Å². The number of aliphatic carboxylic acids is 1. The van der Waals surface area contributed by atoms with Gasteiger partial charge in [0, 0.05) is 0 Å². The molecule has 0 radical (unpaired) electrons. The Hall–Kier alpha value is -2.45. The zero-order valence-electron chi connectivity index (χ0n) is 9.41. The van der Waals surface area contributed by atoms with E-state index in [1.807, 2.05) is 0 Å². The summed E-state index contributed by atoms with van der Waals surface area (Å²) in [5, 5.41) is 22.5. The minimum absolute atomic E-state index is 0.147. The van der Waals surface area contributed by atoms with Gasteiger partial charge < -0.3 is 15.2 Å². The molecule has 2 N–H and O–H groups in total. The molecule has 0 bridgehead atoms. The summed E-state index contributed by atoms with van der Waals surface area (Å²) in [5.74, 6) is -1.42. The summed E-state index contributed by atoms with van der Waals surface area (Å²) in [6.45, 7) is 0. The first-order chi connectivity index (χ1) is 8.50. The Labute approximate surface area is 101 Å². The molecule has 9 nitrogen and oxygen atoms in total. The van der Waals surface area contributed by atoms with Gasteiger partial charge in [-0.2, -0.15) is 4.98 Å². The van der Waals surface area contributed by atoms with Crippen LogP contribution in [0.4, 0.5) is 11.5 Å². The van der Waals surface area contributed by atoms with Crippen LogP contribution in [0.1, 0.15) is 12.8 Å². The average molecular weight is 254 g/mol. The van der Waals surface area contributed by atoms with Crippen LogP contribution in [0.2, 0.25) is 0 Å². The second kappa shape index (κ2) is 4.09. The lowest BCUT2D eigenvalue weighted by Gasteiger charge is -2.13. The maximum absolute atomic E-state index is 11.0. The number of nitrogens with one attached hydrogen (secondary N) is 1. The molecule has 0 atom stereocenters. The van der Waals surface area contributed by atoms with Crippen LogP contribution in [0, 0.1) is 10.1 Å². The van der Waals surface area contributed by atoms with Crippen molar-refractivity contribution in [2.45, 2.75) is 18.4 Å². The van der Waals surface area contributed by atoms with E-state index in [1.54, 1.807) is 0 Å². The molecule has 0 spiro atoms. The lowest BCUT2D eigenvalue weighted by molar-refractivity contribution is -0.385. The molecule has 0 saturated heterocycles. The molecule has 96 valence electrons. The second-order valence-corrected chi connectivity index (χ2v) is 3.85. The first kappa shape index (κ1) is 12.0. The lowest BCUT2D eigenvalue weighted by atomic mass is 10.2. The number of carboxylic acid groups (broad SMARTS) is 1. The molecule has 1 heterocycles. The minimum Gasteiger partial charge on any atom is -0.480 e. The third-order valence-electron chi connectivity index (χ3n) is 2.68. The van der Waals surface area contributed by atoms with Gasteiger partial charge in [0.05, 0.1) is 12.0 Å². The number of rotatable bonds is 5. The second-order valence-electron chi connectivity index (χ2n) is 3.85. The fraction of sp³-hybridized carbons (Fsp3) is 0.444. The minimum atomic E-state index is -1.16. The van der Waals surface area contributed by atoms with Crippen LogP contribution < -0.4 is 10.1 Å². The predicted octanol–water partition coefficient (Wildman–Crippen LogP) is 0.422. The summed E-state index contributed by atoms with van der Waals surface area (Å²) < 4.78 is 4.76. The van der Waals surface area contributed by atoms with Gasteiger partial charge in [-0.25, -0.2) is 9.78 Å². The number of nitro groups is 1. The highest BCUT2D eigenvalue weighted by Crippen LogP contribution is 2.42. The van der Waals surface area contributed by atoms with Gasteiger partial charge in [0.1, 0.15) is 11.9 Å². The Morgan fingerprint density at radius 2 is 2.28 bits per heavy atom. The maximum atomic E-state index is 11.0. The average Bonchev–Trinajstić information content (AvgIpc) is 3.09. The third-order valence-corrected chi connectivity index (χ3v) is 2.68. The van der Waals surface area contributed by atoms with E-state index in [9.17, 15) is 14.9 Å². The van der Waals surface area contributed by atoms with Gasteiger partial charge in [-0.15, -0.1) is 0 Å². The molecule has 0 aromatic carbocycles. The Balaban J connectivity index is 2.39. The summed E-state index contributed by atoms with van der Waals surface area (Å²) in [6.07, 6.45) is 1.86. The highest BCUT2D eigenvalue weighted by atomic mass is 16.6. The van der Waals surface area contributed by atoms with Gasteiger partial charge in [0.25, 0.3) is 5.88 Å².